The van der Waals surface area contributed by atoms with E-state index in [0.29, 0.717) is 0 Å². The van der Waals surface area contributed by atoms with Gasteiger partial charge in [0.1, 0.15) is 0 Å². The van der Waals surface area contributed by atoms with Gasteiger partial charge in [-0.1, -0.05) is 23.7 Å². The molecule has 2 aromatic rings. The maximum absolute atomic E-state index is 6.29. The quantitative estimate of drug-likeness (QED) is 0.653. The lowest BCUT2D eigenvalue weighted by Crippen LogP contribution is -2.29. The summed E-state index contributed by atoms with van der Waals surface area (Å²) in [6.45, 7) is 4.95. The van der Waals surface area contributed by atoms with Gasteiger partial charge in [0.2, 0.25) is 0 Å². The molecule has 102 valence electrons. The fourth-order valence-electron chi connectivity index (χ4n) is 2.09. The lowest BCUT2D eigenvalue weighted by Gasteiger charge is -2.17. The molecule has 1 unspecified atom stereocenters. The van der Waals surface area contributed by atoms with E-state index in [1.165, 1.54) is 0 Å². The molecule has 5 heteroatoms. The van der Waals surface area contributed by atoms with E-state index < -0.39 is 0 Å². The molecule has 0 saturated carbocycles. The summed E-state index contributed by atoms with van der Waals surface area (Å²) in [5.41, 5.74) is 6.13. The Morgan fingerprint density at radius 2 is 2.26 bits per heavy atom. The third-order valence-electron chi connectivity index (χ3n) is 3.18. The number of nitrogens with one attached hydrogen (secondary N) is 1. The molecule has 0 aliphatic rings. The van der Waals surface area contributed by atoms with Gasteiger partial charge in [0.25, 0.3) is 0 Å². The van der Waals surface area contributed by atoms with E-state index in [0.717, 1.165) is 34.7 Å². The number of rotatable bonds is 5. The predicted molar refractivity (Wildman–Crippen MR) is 77.9 cm³/mol. The molecule has 0 spiro atoms. The Morgan fingerprint density at radius 1 is 1.47 bits per heavy atom. The van der Waals surface area contributed by atoms with Crippen molar-refractivity contribution in [3.05, 3.63) is 52.3 Å². The van der Waals surface area contributed by atoms with Gasteiger partial charge < -0.3 is 0 Å². The van der Waals surface area contributed by atoms with Crippen molar-refractivity contribution in [3.8, 4) is 0 Å². The molecule has 1 heterocycles. The summed E-state index contributed by atoms with van der Waals surface area (Å²) in [5, 5.41) is 5.01. The minimum Gasteiger partial charge on any atom is -0.273 e. The number of aryl methyl sites for hydroxylation is 2. The number of nitrogens with two attached hydrogens (primary N) is 1. The van der Waals surface area contributed by atoms with Crippen LogP contribution >= 0.6 is 11.6 Å². The first-order valence-electron chi connectivity index (χ1n) is 6.37. The zero-order valence-electron chi connectivity index (χ0n) is 11.2. The van der Waals surface area contributed by atoms with Crippen molar-refractivity contribution in [1.29, 1.82) is 0 Å². The fourth-order valence-corrected chi connectivity index (χ4v) is 2.46. The van der Waals surface area contributed by atoms with Crippen LogP contribution in [0.15, 0.2) is 30.6 Å². The molecular formula is C14H19ClN4. The van der Waals surface area contributed by atoms with Crippen molar-refractivity contribution in [1.82, 2.24) is 15.2 Å². The Bertz CT molecular complexity index is 550. The van der Waals surface area contributed by atoms with E-state index >= 15 is 0 Å². The first kappa shape index (κ1) is 14.1. The highest BCUT2D eigenvalue weighted by Gasteiger charge is 2.15. The van der Waals surface area contributed by atoms with Crippen LogP contribution in [0.1, 0.15) is 29.7 Å². The molecular weight excluding hydrogens is 260 g/mol. The van der Waals surface area contributed by atoms with E-state index in [9.17, 15) is 0 Å². The van der Waals surface area contributed by atoms with E-state index in [1.807, 2.05) is 42.2 Å². The average molecular weight is 279 g/mol. The highest BCUT2D eigenvalue weighted by molar-refractivity contribution is 6.31. The Labute approximate surface area is 118 Å². The molecule has 0 amide bonds. The molecule has 0 fully saturated rings. The summed E-state index contributed by atoms with van der Waals surface area (Å²) >= 11 is 6.29. The number of halogens is 1. The lowest BCUT2D eigenvalue weighted by atomic mass is 10.00. The smallest absolute Gasteiger partial charge is 0.0522 e. The minimum atomic E-state index is -0.0115. The van der Waals surface area contributed by atoms with Crippen molar-refractivity contribution in [3.63, 3.8) is 0 Å². The number of hydrogen-bond acceptors (Lipinski definition) is 3. The summed E-state index contributed by atoms with van der Waals surface area (Å²) in [4.78, 5) is 0. The van der Waals surface area contributed by atoms with Gasteiger partial charge in [-0.3, -0.25) is 16.0 Å². The Kier molecular flexibility index (Phi) is 4.58. The monoisotopic (exact) mass is 278 g/mol. The summed E-state index contributed by atoms with van der Waals surface area (Å²) in [5.74, 6) is 5.66. The van der Waals surface area contributed by atoms with Crippen molar-refractivity contribution in [2.45, 2.75) is 32.9 Å². The molecule has 1 atom stereocenters. The van der Waals surface area contributed by atoms with Crippen LogP contribution in [0, 0.1) is 6.92 Å². The van der Waals surface area contributed by atoms with Crippen LogP contribution in [0.3, 0.4) is 0 Å². The van der Waals surface area contributed by atoms with Crippen LogP contribution in [-0.2, 0) is 13.0 Å². The van der Waals surface area contributed by atoms with E-state index in [1.54, 1.807) is 0 Å². The van der Waals surface area contributed by atoms with Gasteiger partial charge in [-0.05, 0) is 43.0 Å². The first-order chi connectivity index (χ1) is 9.13. The second-order valence-corrected chi connectivity index (χ2v) is 5.06. The van der Waals surface area contributed by atoms with Crippen molar-refractivity contribution in [2.24, 2.45) is 5.84 Å². The topological polar surface area (TPSA) is 55.9 Å². The zero-order chi connectivity index (χ0) is 13.8. The minimum absolute atomic E-state index is 0.0115. The molecule has 0 radical (unpaired) electrons. The number of nitrogens with zero attached hydrogens (tertiary/aromatic N) is 2. The van der Waals surface area contributed by atoms with Crippen LogP contribution in [0.5, 0.6) is 0 Å². The van der Waals surface area contributed by atoms with E-state index in [-0.39, 0.29) is 6.04 Å². The maximum atomic E-state index is 6.29. The molecule has 1 aromatic heterocycles. The molecule has 4 nitrogen and oxygen atoms in total. The number of aromatic nitrogens is 2. The normalized spacial score (nSPS) is 12.6. The largest absolute Gasteiger partial charge is 0.273 e. The van der Waals surface area contributed by atoms with Gasteiger partial charge in [0, 0.05) is 17.8 Å². The van der Waals surface area contributed by atoms with Gasteiger partial charge in [0.05, 0.1) is 12.2 Å². The second kappa shape index (κ2) is 6.19. The third-order valence-corrected chi connectivity index (χ3v) is 3.51. The highest BCUT2D eigenvalue weighted by atomic mass is 35.5. The van der Waals surface area contributed by atoms with Crippen LogP contribution in [0.2, 0.25) is 5.02 Å². The van der Waals surface area contributed by atoms with Crippen molar-refractivity contribution < 1.29 is 0 Å². The zero-order valence-corrected chi connectivity index (χ0v) is 12.0. The summed E-state index contributed by atoms with van der Waals surface area (Å²) in [6, 6.07) is 6.01. The Balaban J connectivity index is 2.19. The second-order valence-electron chi connectivity index (χ2n) is 4.65. The van der Waals surface area contributed by atoms with Crippen molar-refractivity contribution in [2.75, 3.05) is 0 Å². The molecule has 0 aliphatic carbocycles. The number of hydrazine groups is 1. The fraction of sp³-hybridized carbons (Fsp3) is 0.357. The molecule has 0 aliphatic heterocycles. The predicted octanol–water partition coefficient (Wildman–Crippen LogP) is 2.61. The van der Waals surface area contributed by atoms with Crippen LogP contribution in [-0.4, -0.2) is 9.78 Å². The molecule has 0 saturated heterocycles. The molecule has 1 aromatic carbocycles. The molecule has 3 N–H and O–H groups in total. The molecule has 2 rings (SSSR count). The van der Waals surface area contributed by atoms with Crippen LogP contribution in [0.25, 0.3) is 0 Å². The van der Waals surface area contributed by atoms with Gasteiger partial charge in [-0.15, -0.1) is 0 Å². The van der Waals surface area contributed by atoms with Crippen LogP contribution < -0.4 is 11.3 Å². The molecule has 0 bridgehead atoms. The standard InChI is InChI=1S/C14H19ClN4/c1-3-19-9-11(8-17-19)7-14(18-16)12-5-4-10(2)6-13(12)15/h4-6,8-9,14,18H,3,7,16H2,1-2H3. The summed E-state index contributed by atoms with van der Waals surface area (Å²) in [7, 11) is 0. The number of benzene rings is 1. The number of hydrogen-bond donors (Lipinski definition) is 2. The SMILES string of the molecule is CCn1cc(CC(NN)c2ccc(C)cc2Cl)cn1. The highest BCUT2D eigenvalue weighted by Crippen LogP contribution is 2.26. The van der Waals surface area contributed by atoms with Gasteiger partial charge in [0.15, 0.2) is 0 Å². The molecule has 19 heavy (non-hydrogen) atoms. The third kappa shape index (κ3) is 3.35. The van der Waals surface area contributed by atoms with E-state index in [2.05, 4.69) is 17.4 Å². The summed E-state index contributed by atoms with van der Waals surface area (Å²) < 4.78 is 1.90. The van der Waals surface area contributed by atoms with Gasteiger partial charge in [-0.25, -0.2) is 0 Å². The Hall–Kier alpha value is -1.36. The van der Waals surface area contributed by atoms with Gasteiger partial charge >= 0.3 is 0 Å². The summed E-state index contributed by atoms with van der Waals surface area (Å²) in [6.07, 6.45) is 4.67. The van der Waals surface area contributed by atoms with E-state index in [4.69, 9.17) is 17.4 Å². The Morgan fingerprint density at radius 3 is 2.84 bits per heavy atom. The van der Waals surface area contributed by atoms with Crippen LogP contribution in [0.4, 0.5) is 0 Å². The average Bonchev–Trinajstić information content (AvgIpc) is 2.84. The lowest BCUT2D eigenvalue weighted by molar-refractivity contribution is 0.551. The van der Waals surface area contributed by atoms with Gasteiger partial charge in [-0.2, -0.15) is 5.10 Å². The van der Waals surface area contributed by atoms with Crippen molar-refractivity contribution >= 4 is 11.6 Å². The maximum Gasteiger partial charge on any atom is 0.0522 e. The first-order valence-corrected chi connectivity index (χ1v) is 6.75.